The smallest absolute Gasteiger partial charge is 0.338 e. The molecule has 0 unspecified atom stereocenters. The van der Waals surface area contributed by atoms with Crippen LogP contribution in [0, 0.1) is 12.7 Å². The van der Waals surface area contributed by atoms with Gasteiger partial charge in [0.1, 0.15) is 5.82 Å². The van der Waals surface area contributed by atoms with E-state index in [1.165, 1.54) is 30.3 Å². The first-order chi connectivity index (χ1) is 14.2. The van der Waals surface area contributed by atoms with E-state index in [0.29, 0.717) is 11.1 Å². The number of aromatic nitrogens is 2. The van der Waals surface area contributed by atoms with Crippen molar-refractivity contribution in [2.75, 3.05) is 0 Å². The first-order valence-corrected chi connectivity index (χ1v) is 10.5. The molecule has 158 valence electrons. The van der Waals surface area contributed by atoms with Gasteiger partial charge in [-0.1, -0.05) is 23.4 Å². The van der Waals surface area contributed by atoms with Crippen LogP contribution in [0.1, 0.15) is 35.7 Å². The van der Waals surface area contributed by atoms with Gasteiger partial charge in [-0.2, -0.15) is 4.98 Å². The van der Waals surface area contributed by atoms with Crippen LogP contribution in [0.2, 0.25) is 0 Å². The minimum absolute atomic E-state index is 0.0181. The van der Waals surface area contributed by atoms with Crippen molar-refractivity contribution in [3.8, 4) is 11.4 Å². The zero-order valence-electron chi connectivity index (χ0n) is 16.5. The molecule has 0 aliphatic rings. The van der Waals surface area contributed by atoms with Crippen molar-refractivity contribution in [1.29, 1.82) is 0 Å². The Kier molecular flexibility index (Phi) is 6.28. The molecule has 10 heteroatoms. The van der Waals surface area contributed by atoms with Crippen LogP contribution in [0.5, 0.6) is 0 Å². The Bertz CT molecular complexity index is 1170. The van der Waals surface area contributed by atoms with E-state index in [4.69, 9.17) is 9.26 Å². The predicted molar refractivity (Wildman–Crippen MR) is 105 cm³/mol. The zero-order valence-corrected chi connectivity index (χ0v) is 17.4. The molecule has 0 saturated carbocycles. The summed E-state index contributed by atoms with van der Waals surface area (Å²) < 4.78 is 50.8. The number of esters is 1. The van der Waals surface area contributed by atoms with Crippen molar-refractivity contribution in [2.45, 2.75) is 38.3 Å². The number of carbonyl (C=O) groups is 1. The van der Waals surface area contributed by atoms with E-state index in [0.717, 1.165) is 0 Å². The van der Waals surface area contributed by atoms with Gasteiger partial charge >= 0.3 is 5.97 Å². The fourth-order valence-corrected chi connectivity index (χ4v) is 3.84. The lowest BCUT2D eigenvalue weighted by atomic mass is 10.1. The number of carbonyl (C=O) groups excluding carboxylic acids is 1. The minimum Gasteiger partial charge on any atom is -0.452 e. The summed E-state index contributed by atoms with van der Waals surface area (Å²) in [5.74, 6) is -0.970. The first-order valence-electron chi connectivity index (χ1n) is 9.04. The Morgan fingerprint density at radius 1 is 1.23 bits per heavy atom. The third-order valence-corrected chi connectivity index (χ3v) is 5.65. The van der Waals surface area contributed by atoms with E-state index < -0.39 is 21.8 Å². The highest BCUT2D eigenvalue weighted by atomic mass is 32.2. The molecular formula is C20H20FN3O5S. The largest absolute Gasteiger partial charge is 0.452 e. The second-order valence-corrected chi connectivity index (χ2v) is 8.57. The Morgan fingerprint density at radius 2 is 2.00 bits per heavy atom. The van der Waals surface area contributed by atoms with E-state index in [1.807, 2.05) is 0 Å². The maximum Gasteiger partial charge on any atom is 0.338 e. The summed E-state index contributed by atoms with van der Waals surface area (Å²) >= 11 is 0. The molecule has 2 aromatic carbocycles. The second kappa shape index (κ2) is 8.72. The van der Waals surface area contributed by atoms with E-state index >= 15 is 0 Å². The standard InChI is InChI=1S/C20H20FN3O5S/c1-12(2)24-30(26,27)16-6-4-5-15(9-16)20(25)28-11-18-22-19(23-29-18)14-8-7-13(3)17(21)10-14/h4-10,12,24H,11H2,1-3H3. The molecule has 1 heterocycles. The van der Waals surface area contributed by atoms with E-state index in [9.17, 15) is 17.6 Å². The molecule has 0 spiro atoms. The summed E-state index contributed by atoms with van der Waals surface area (Å²) in [4.78, 5) is 16.3. The molecule has 3 aromatic rings. The summed E-state index contributed by atoms with van der Waals surface area (Å²) in [6.45, 7) is 4.71. The van der Waals surface area contributed by atoms with Crippen molar-refractivity contribution < 1.29 is 26.9 Å². The molecule has 3 rings (SSSR count). The van der Waals surface area contributed by atoms with Gasteiger partial charge in [0, 0.05) is 11.6 Å². The Balaban J connectivity index is 1.69. The Hall–Kier alpha value is -3.11. The number of rotatable bonds is 7. The van der Waals surface area contributed by atoms with Crippen LogP contribution in [0.3, 0.4) is 0 Å². The fourth-order valence-electron chi connectivity index (χ4n) is 2.54. The number of aryl methyl sites for hydroxylation is 1. The topological polar surface area (TPSA) is 111 Å². The number of hydrogen-bond acceptors (Lipinski definition) is 7. The fraction of sp³-hybridized carbons (Fsp3) is 0.250. The average Bonchev–Trinajstić information content (AvgIpc) is 3.16. The summed E-state index contributed by atoms with van der Waals surface area (Å²) in [6.07, 6.45) is 0. The quantitative estimate of drug-likeness (QED) is 0.570. The Labute approximate surface area is 173 Å². The molecule has 1 N–H and O–H groups in total. The van der Waals surface area contributed by atoms with Crippen LogP contribution in [0.15, 0.2) is 51.9 Å². The van der Waals surface area contributed by atoms with Gasteiger partial charge in [-0.05, 0) is 50.6 Å². The van der Waals surface area contributed by atoms with Gasteiger partial charge in [0.25, 0.3) is 5.89 Å². The zero-order chi connectivity index (χ0) is 21.9. The number of sulfonamides is 1. The molecule has 30 heavy (non-hydrogen) atoms. The number of nitrogens with one attached hydrogen (secondary N) is 1. The van der Waals surface area contributed by atoms with Crippen molar-refractivity contribution >= 4 is 16.0 Å². The van der Waals surface area contributed by atoms with Gasteiger partial charge in [0.05, 0.1) is 10.5 Å². The van der Waals surface area contributed by atoms with Crippen molar-refractivity contribution in [3.63, 3.8) is 0 Å². The number of halogens is 1. The lowest BCUT2D eigenvalue weighted by Crippen LogP contribution is -2.30. The lowest BCUT2D eigenvalue weighted by Gasteiger charge is -2.10. The van der Waals surface area contributed by atoms with Gasteiger partial charge < -0.3 is 9.26 Å². The third kappa shape index (κ3) is 5.08. The van der Waals surface area contributed by atoms with Crippen molar-refractivity contribution in [1.82, 2.24) is 14.9 Å². The number of hydrogen-bond donors (Lipinski definition) is 1. The summed E-state index contributed by atoms with van der Waals surface area (Å²) in [7, 11) is -3.75. The van der Waals surface area contributed by atoms with Crippen molar-refractivity contribution in [3.05, 3.63) is 65.3 Å². The molecular weight excluding hydrogens is 413 g/mol. The molecule has 0 bridgehead atoms. The monoisotopic (exact) mass is 433 g/mol. The maximum absolute atomic E-state index is 13.7. The van der Waals surface area contributed by atoms with Gasteiger partial charge in [-0.25, -0.2) is 22.3 Å². The Morgan fingerprint density at radius 3 is 2.70 bits per heavy atom. The van der Waals surface area contributed by atoms with Gasteiger partial charge in [-0.3, -0.25) is 0 Å². The highest BCUT2D eigenvalue weighted by Gasteiger charge is 2.18. The van der Waals surface area contributed by atoms with Gasteiger partial charge in [-0.15, -0.1) is 0 Å². The summed E-state index contributed by atoms with van der Waals surface area (Å²) in [5.41, 5.74) is 0.973. The highest BCUT2D eigenvalue weighted by molar-refractivity contribution is 7.89. The number of nitrogens with zero attached hydrogens (tertiary/aromatic N) is 2. The summed E-state index contributed by atoms with van der Waals surface area (Å²) in [5, 5.41) is 3.75. The third-order valence-electron chi connectivity index (χ3n) is 4.00. The normalized spacial score (nSPS) is 11.6. The van der Waals surface area contributed by atoms with Gasteiger partial charge in [0.15, 0.2) is 6.61 Å². The van der Waals surface area contributed by atoms with Crippen LogP contribution in [-0.2, 0) is 21.4 Å². The molecule has 0 saturated heterocycles. The average molecular weight is 433 g/mol. The van der Waals surface area contributed by atoms with Crippen LogP contribution in [0.4, 0.5) is 4.39 Å². The van der Waals surface area contributed by atoms with Crippen LogP contribution >= 0.6 is 0 Å². The highest BCUT2D eigenvalue weighted by Crippen LogP contribution is 2.19. The summed E-state index contributed by atoms with van der Waals surface area (Å²) in [6, 6.07) is 9.72. The van der Waals surface area contributed by atoms with E-state index in [2.05, 4.69) is 14.9 Å². The van der Waals surface area contributed by atoms with Crippen LogP contribution in [-0.4, -0.2) is 30.6 Å². The number of ether oxygens (including phenoxy) is 1. The molecule has 0 aliphatic heterocycles. The van der Waals surface area contributed by atoms with Crippen LogP contribution in [0.25, 0.3) is 11.4 Å². The second-order valence-electron chi connectivity index (χ2n) is 6.86. The minimum atomic E-state index is -3.75. The maximum atomic E-state index is 13.7. The molecule has 0 atom stereocenters. The SMILES string of the molecule is Cc1ccc(-c2noc(COC(=O)c3cccc(S(=O)(=O)NC(C)C)c3)n2)cc1F. The molecule has 0 fully saturated rings. The molecule has 1 aromatic heterocycles. The van der Waals surface area contributed by atoms with E-state index in [-0.39, 0.29) is 34.8 Å². The first kappa shape index (κ1) is 21.6. The molecule has 0 amide bonds. The van der Waals surface area contributed by atoms with Crippen molar-refractivity contribution in [2.24, 2.45) is 0 Å². The van der Waals surface area contributed by atoms with Gasteiger partial charge in [0.2, 0.25) is 15.8 Å². The van der Waals surface area contributed by atoms with E-state index in [1.54, 1.807) is 32.9 Å². The lowest BCUT2D eigenvalue weighted by molar-refractivity contribution is 0.0429. The molecule has 0 aliphatic carbocycles. The predicted octanol–water partition coefficient (Wildman–Crippen LogP) is 3.23. The van der Waals surface area contributed by atoms with Crippen LogP contribution < -0.4 is 4.72 Å². The number of benzene rings is 2. The molecule has 0 radical (unpaired) electrons. The molecule has 8 nitrogen and oxygen atoms in total.